The van der Waals surface area contributed by atoms with Gasteiger partial charge in [0.15, 0.2) is 0 Å². The minimum atomic E-state index is 0.0464. The number of benzene rings is 1. The second-order valence-corrected chi connectivity index (χ2v) is 6.15. The minimum absolute atomic E-state index is 0.0464. The van der Waals surface area contributed by atoms with Crippen molar-refractivity contribution in [1.82, 2.24) is 10.2 Å². The highest BCUT2D eigenvalue weighted by Gasteiger charge is 2.29. The monoisotopic (exact) mass is 293 g/mol. The van der Waals surface area contributed by atoms with Crippen molar-refractivity contribution in [3.05, 3.63) is 29.3 Å². The Kier molecular flexibility index (Phi) is 4.24. The van der Waals surface area contributed by atoms with E-state index in [1.807, 2.05) is 12.1 Å². The number of amides is 1. The molecule has 2 N–H and O–H groups in total. The van der Waals surface area contributed by atoms with Crippen LogP contribution in [-0.4, -0.2) is 42.5 Å². The van der Waals surface area contributed by atoms with Gasteiger partial charge < -0.3 is 10.6 Å². The average Bonchev–Trinajstić information content (AvgIpc) is 2.76. The van der Waals surface area contributed by atoms with Crippen LogP contribution < -0.4 is 10.6 Å². The molecule has 2 heterocycles. The van der Waals surface area contributed by atoms with Crippen LogP contribution in [0.4, 0.5) is 5.69 Å². The van der Waals surface area contributed by atoms with Gasteiger partial charge in [0, 0.05) is 35.9 Å². The van der Waals surface area contributed by atoms with E-state index in [4.69, 9.17) is 11.6 Å². The molecule has 0 saturated carbocycles. The van der Waals surface area contributed by atoms with E-state index in [1.54, 1.807) is 12.1 Å². The van der Waals surface area contributed by atoms with Gasteiger partial charge in [0.05, 0.1) is 6.54 Å². The molecule has 0 aromatic heterocycles. The first-order valence-corrected chi connectivity index (χ1v) is 7.61. The maximum atomic E-state index is 12.1. The minimum Gasteiger partial charge on any atom is -0.325 e. The Bertz CT molecular complexity index is 477. The number of nitrogens with zero attached hydrogens (tertiary/aromatic N) is 1. The average molecular weight is 294 g/mol. The molecule has 1 aromatic rings. The van der Waals surface area contributed by atoms with E-state index in [0.29, 0.717) is 23.7 Å². The van der Waals surface area contributed by atoms with Crippen LogP contribution in [-0.2, 0) is 4.79 Å². The molecule has 0 aliphatic carbocycles. The number of nitrogens with one attached hydrogen (secondary N) is 2. The standard InChI is InChI=1S/C15H20ClN3O/c16-11-1-3-12(4-2-11)18-15(20)10-19-8-7-13-5-6-14(9-19)17-13/h1-4,13-14,17H,5-10H2,(H,18,20). The normalized spacial score (nSPS) is 26.2. The molecule has 20 heavy (non-hydrogen) atoms. The van der Waals surface area contributed by atoms with Crippen molar-refractivity contribution in [2.24, 2.45) is 0 Å². The molecule has 2 bridgehead atoms. The largest absolute Gasteiger partial charge is 0.325 e. The first-order chi connectivity index (χ1) is 9.69. The summed E-state index contributed by atoms with van der Waals surface area (Å²) in [6.45, 7) is 2.44. The zero-order valence-electron chi connectivity index (χ0n) is 11.4. The molecule has 2 fully saturated rings. The fourth-order valence-electron chi connectivity index (χ4n) is 3.10. The zero-order chi connectivity index (χ0) is 13.9. The third-order valence-corrected chi connectivity index (χ3v) is 4.35. The van der Waals surface area contributed by atoms with Crippen LogP contribution in [0.25, 0.3) is 0 Å². The number of likely N-dealkylation sites (tertiary alicyclic amines) is 1. The van der Waals surface area contributed by atoms with Gasteiger partial charge >= 0.3 is 0 Å². The predicted molar refractivity (Wildman–Crippen MR) is 81.1 cm³/mol. The third-order valence-electron chi connectivity index (χ3n) is 4.10. The number of carbonyl (C=O) groups excluding carboxylic acids is 1. The van der Waals surface area contributed by atoms with Gasteiger partial charge in [-0.25, -0.2) is 0 Å². The molecule has 2 aliphatic rings. The number of carbonyl (C=O) groups is 1. The Morgan fingerprint density at radius 2 is 2.00 bits per heavy atom. The first-order valence-electron chi connectivity index (χ1n) is 7.23. The Labute approximate surface area is 124 Å². The summed E-state index contributed by atoms with van der Waals surface area (Å²) < 4.78 is 0. The maximum absolute atomic E-state index is 12.1. The molecular weight excluding hydrogens is 274 g/mol. The van der Waals surface area contributed by atoms with E-state index in [1.165, 1.54) is 12.8 Å². The third kappa shape index (κ3) is 3.51. The summed E-state index contributed by atoms with van der Waals surface area (Å²) in [4.78, 5) is 14.3. The molecule has 2 aliphatic heterocycles. The van der Waals surface area contributed by atoms with E-state index in [9.17, 15) is 4.79 Å². The molecule has 2 unspecified atom stereocenters. The van der Waals surface area contributed by atoms with Gasteiger partial charge in [-0.3, -0.25) is 9.69 Å². The highest BCUT2D eigenvalue weighted by molar-refractivity contribution is 6.30. The smallest absolute Gasteiger partial charge is 0.238 e. The fourth-order valence-corrected chi connectivity index (χ4v) is 3.22. The number of rotatable bonds is 3. The SMILES string of the molecule is O=C(CN1CCC2CCC(C1)N2)Nc1ccc(Cl)cc1. The van der Waals surface area contributed by atoms with Crippen LogP contribution in [0.15, 0.2) is 24.3 Å². The van der Waals surface area contributed by atoms with Crippen LogP contribution in [0.5, 0.6) is 0 Å². The number of hydrogen-bond acceptors (Lipinski definition) is 3. The van der Waals surface area contributed by atoms with Crippen LogP contribution in [0.2, 0.25) is 5.02 Å². The number of halogens is 1. The van der Waals surface area contributed by atoms with Crippen LogP contribution in [0, 0.1) is 0 Å². The van der Waals surface area contributed by atoms with Gasteiger partial charge in [0.1, 0.15) is 0 Å². The number of fused-ring (bicyclic) bond motifs is 2. The summed E-state index contributed by atoms with van der Waals surface area (Å²) in [5.41, 5.74) is 0.800. The van der Waals surface area contributed by atoms with E-state index < -0.39 is 0 Å². The summed E-state index contributed by atoms with van der Waals surface area (Å²) in [6.07, 6.45) is 3.67. The second kappa shape index (κ2) is 6.12. The topological polar surface area (TPSA) is 44.4 Å². The summed E-state index contributed by atoms with van der Waals surface area (Å²) >= 11 is 5.83. The van der Waals surface area contributed by atoms with E-state index in [2.05, 4.69) is 15.5 Å². The van der Waals surface area contributed by atoms with Gasteiger partial charge in [-0.15, -0.1) is 0 Å². The highest BCUT2D eigenvalue weighted by atomic mass is 35.5. The summed E-state index contributed by atoms with van der Waals surface area (Å²) in [6, 6.07) is 8.44. The number of hydrogen-bond donors (Lipinski definition) is 2. The first kappa shape index (κ1) is 13.9. The Morgan fingerprint density at radius 1 is 1.25 bits per heavy atom. The molecule has 2 atom stereocenters. The lowest BCUT2D eigenvalue weighted by Gasteiger charge is -2.23. The molecule has 5 heteroatoms. The van der Waals surface area contributed by atoms with E-state index >= 15 is 0 Å². The summed E-state index contributed by atoms with van der Waals surface area (Å²) in [5, 5.41) is 7.22. The Hall–Kier alpha value is -1.10. The van der Waals surface area contributed by atoms with Crippen molar-refractivity contribution < 1.29 is 4.79 Å². The number of anilines is 1. The lowest BCUT2D eigenvalue weighted by Crippen LogP contribution is -2.39. The predicted octanol–water partition coefficient (Wildman–Crippen LogP) is 2.10. The van der Waals surface area contributed by atoms with Crippen molar-refractivity contribution in [3.63, 3.8) is 0 Å². The van der Waals surface area contributed by atoms with Crippen molar-refractivity contribution in [2.45, 2.75) is 31.3 Å². The summed E-state index contributed by atoms with van der Waals surface area (Å²) in [5.74, 6) is 0.0464. The zero-order valence-corrected chi connectivity index (χ0v) is 12.2. The molecule has 108 valence electrons. The highest BCUT2D eigenvalue weighted by Crippen LogP contribution is 2.20. The van der Waals surface area contributed by atoms with Crippen LogP contribution in [0.1, 0.15) is 19.3 Å². The maximum Gasteiger partial charge on any atom is 0.238 e. The quantitative estimate of drug-likeness (QED) is 0.897. The molecular formula is C15H20ClN3O. The lowest BCUT2D eigenvalue weighted by molar-refractivity contribution is -0.117. The van der Waals surface area contributed by atoms with Gasteiger partial charge in [0.25, 0.3) is 0 Å². The van der Waals surface area contributed by atoms with E-state index in [-0.39, 0.29) is 5.91 Å². The molecule has 0 spiro atoms. The molecule has 1 amide bonds. The lowest BCUT2D eigenvalue weighted by atomic mass is 10.1. The Morgan fingerprint density at radius 3 is 2.80 bits per heavy atom. The molecule has 2 saturated heterocycles. The van der Waals surface area contributed by atoms with Crippen molar-refractivity contribution in [1.29, 1.82) is 0 Å². The molecule has 0 radical (unpaired) electrons. The molecule has 4 nitrogen and oxygen atoms in total. The van der Waals surface area contributed by atoms with E-state index in [0.717, 1.165) is 25.2 Å². The van der Waals surface area contributed by atoms with Crippen LogP contribution >= 0.6 is 11.6 Å². The Balaban J connectivity index is 1.52. The van der Waals surface area contributed by atoms with Crippen molar-refractivity contribution >= 4 is 23.2 Å². The molecule has 3 rings (SSSR count). The van der Waals surface area contributed by atoms with Gasteiger partial charge in [-0.05, 0) is 43.5 Å². The van der Waals surface area contributed by atoms with Crippen molar-refractivity contribution in [3.8, 4) is 0 Å². The summed E-state index contributed by atoms with van der Waals surface area (Å²) in [7, 11) is 0. The van der Waals surface area contributed by atoms with Crippen LogP contribution in [0.3, 0.4) is 0 Å². The fraction of sp³-hybridized carbons (Fsp3) is 0.533. The van der Waals surface area contributed by atoms with Gasteiger partial charge in [-0.1, -0.05) is 11.6 Å². The van der Waals surface area contributed by atoms with Gasteiger partial charge in [-0.2, -0.15) is 0 Å². The second-order valence-electron chi connectivity index (χ2n) is 5.72. The molecule has 1 aromatic carbocycles. The van der Waals surface area contributed by atoms with Crippen molar-refractivity contribution in [2.75, 3.05) is 25.0 Å². The van der Waals surface area contributed by atoms with Gasteiger partial charge in [0.2, 0.25) is 5.91 Å².